The molecule has 2 aromatic rings. The molecule has 6 N–H and O–H groups in total. The van der Waals surface area contributed by atoms with E-state index in [0.717, 1.165) is 37.4 Å². The second-order valence-electron chi connectivity index (χ2n) is 10.1. The van der Waals surface area contributed by atoms with Crippen molar-refractivity contribution >= 4 is 29.8 Å². The maximum absolute atomic E-state index is 12.9. The quantitative estimate of drug-likeness (QED) is 0.244. The lowest BCUT2D eigenvalue weighted by Gasteiger charge is -2.45. The summed E-state index contributed by atoms with van der Waals surface area (Å²) in [5.74, 6) is -5.35. The van der Waals surface area contributed by atoms with Crippen LogP contribution in [0, 0.1) is 0 Å². The van der Waals surface area contributed by atoms with Crippen molar-refractivity contribution in [2.75, 3.05) is 32.7 Å². The zero-order valence-electron chi connectivity index (χ0n) is 24.2. The van der Waals surface area contributed by atoms with Crippen LogP contribution in [-0.4, -0.2) is 104 Å². The Morgan fingerprint density at radius 2 is 1.36 bits per heavy atom. The summed E-state index contributed by atoms with van der Waals surface area (Å²) in [6.07, 6.45) is 8.58. The van der Waals surface area contributed by atoms with Gasteiger partial charge in [-0.3, -0.25) is 14.7 Å². The van der Waals surface area contributed by atoms with Crippen LogP contribution in [-0.2, 0) is 29.4 Å². The molecule has 236 valence electrons. The first-order chi connectivity index (χ1) is 21.0. The van der Waals surface area contributed by atoms with E-state index in [9.17, 15) is 24.0 Å². The minimum atomic E-state index is -1.26. The predicted octanol–water partition coefficient (Wildman–Crippen LogP) is 1.84. The largest absolute Gasteiger partial charge is 0.478 e. The third-order valence-corrected chi connectivity index (χ3v) is 7.25. The van der Waals surface area contributed by atoms with E-state index in [0.29, 0.717) is 36.8 Å². The summed E-state index contributed by atoms with van der Waals surface area (Å²) >= 11 is 0. The molecule has 13 nitrogen and oxygen atoms in total. The Kier molecular flexibility index (Phi) is 14.4. The van der Waals surface area contributed by atoms with Gasteiger partial charge in [-0.15, -0.1) is 0 Å². The summed E-state index contributed by atoms with van der Waals surface area (Å²) < 4.78 is 0. The Balaban J connectivity index is 0.000000349. The van der Waals surface area contributed by atoms with Crippen LogP contribution in [0.1, 0.15) is 36.9 Å². The molecular weight excluding hydrogens is 572 g/mol. The summed E-state index contributed by atoms with van der Waals surface area (Å²) in [5, 5.41) is 31.2. The maximum atomic E-state index is 12.9. The van der Waals surface area contributed by atoms with Crippen molar-refractivity contribution in [3.8, 4) is 0 Å². The van der Waals surface area contributed by atoms with Crippen LogP contribution in [0.5, 0.6) is 0 Å². The number of fused-ring (bicyclic) bond motifs is 1. The highest BCUT2D eigenvalue weighted by Gasteiger charge is 2.42. The number of hydrogen-bond acceptors (Lipinski definition) is 8. The topological polar surface area (TPSA) is 212 Å². The molecule has 0 radical (unpaired) electrons. The number of carboxylic acid groups (broad SMARTS) is 4. The van der Waals surface area contributed by atoms with Gasteiger partial charge in [0.15, 0.2) is 0 Å². The number of pyridine rings is 1. The number of hydrogen-bond donors (Lipinski definition) is 5. The highest BCUT2D eigenvalue weighted by atomic mass is 16.4. The predicted molar refractivity (Wildman–Crippen MR) is 160 cm³/mol. The van der Waals surface area contributed by atoms with Crippen LogP contribution >= 0.6 is 0 Å². The van der Waals surface area contributed by atoms with Gasteiger partial charge in [0.2, 0.25) is 5.91 Å². The molecule has 2 fully saturated rings. The number of amides is 1. The average molecular weight is 611 g/mol. The van der Waals surface area contributed by atoms with Crippen LogP contribution in [0.25, 0.3) is 0 Å². The van der Waals surface area contributed by atoms with E-state index in [2.05, 4.69) is 14.8 Å². The number of piperazine rings is 1. The summed E-state index contributed by atoms with van der Waals surface area (Å²) in [6.45, 7) is 5.36. The van der Waals surface area contributed by atoms with Crippen molar-refractivity contribution < 1.29 is 44.4 Å². The molecule has 2 aliphatic rings. The van der Waals surface area contributed by atoms with Crippen molar-refractivity contribution in [3.05, 3.63) is 90.3 Å². The number of aliphatic carboxylic acids is 4. The second kappa shape index (κ2) is 17.9. The molecule has 2 unspecified atom stereocenters. The number of carbonyl (C=O) groups excluding carboxylic acids is 1. The molecule has 0 bridgehead atoms. The molecule has 1 aromatic carbocycles. The number of rotatable bonds is 10. The zero-order chi connectivity index (χ0) is 32.5. The van der Waals surface area contributed by atoms with E-state index in [1.54, 1.807) is 6.20 Å². The first kappa shape index (κ1) is 35.3. The number of primary amides is 1. The Bertz CT molecular complexity index is 1210. The summed E-state index contributed by atoms with van der Waals surface area (Å²) in [4.78, 5) is 60.8. The molecule has 0 spiro atoms. The van der Waals surface area contributed by atoms with E-state index in [1.807, 2.05) is 48.5 Å². The van der Waals surface area contributed by atoms with Gasteiger partial charge >= 0.3 is 23.9 Å². The van der Waals surface area contributed by atoms with Crippen LogP contribution in [0.2, 0.25) is 0 Å². The second-order valence-corrected chi connectivity index (χ2v) is 10.1. The summed E-state index contributed by atoms with van der Waals surface area (Å²) in [5.41, 5.74) is 6.82. The van der Waals surface area contributed by atoms with Crippen molar-refractivity contribution in [1.29, 1.82) is 0 Å². The standard InChI is InChI=1S/C23H30N4O.2C4H4O4/c24-22(28)23(19-8-2-1-3-9-19,21-11-4-6-13-25-21)12-15-26-16-17-27-14-7-5-10-20(27)18-26;2*5-3(6)1-2-4(7)8/h1-4,6,8-9,11,13,20H,5,7,10,12,14-18H2,(H2,24,28);2*1-2H,(H,5,6)(H,7,8)/b;2*2-1-. The first-order valence-corrected chi connectivity index (χ1v) is 14.0. The van der Waals surface area contributed by atoms with Gasteiger partial charge in [-0.2, -0.15) is 0 Å². The normalized spacial score (nSPS) is 18.0. The van der Waals surface area contributed by atoms with Gasteiger partial charge in [0.05, 0.1) is 5.69 Å². The van der Waals surface area contributed by atoms with Crippen molar-refractivity contribution in [2.24, 2.45) is 5.73 Å². The Labute approximate surface area is 254 Å². The Hall–Kier alpha value is -4.88. The minimum Gasteiger partial charge on any atom is -0.478 e. The van der Waals surface area contributed by atoms with Crippen LogP contribution in [0.3, 0.4) is 0 Å². The fraction of sp³-hybridized carbons (Fsp3) is 0.355. The molecule has 2 atom stereocenters. The molecular formula is C31H38N4O9. The van der Waals surface area contributed by atoms with Gasteiger partial charge in [0, 0.05) is 56.2 Å². The first-order valence-electron chi connectivity index (χ1n) is 14.0. The van der Waals surface area contributed by atoms with Gasteiger partial charge in [-0.1, -0.05) is 42.8 Å². The van der Waals surface area contributed by atoms with E-state index in [1.165, 1.54) is 25.8 Å². The van der Waals surface area contributed by atoms with E-state index in [-0.39, 0.29) is 5.91 Å². The number of carbonyl (C=O) groups is 5. The smallest absolute Gasteiger partial charge is 0.328 e. The molecule has 4 rings (SSSR count). The fourth-order valence-corrected chi connectivity index (χ4v) is 5.18. The van der Waals surface area contributed by atoms with Crippen molar-refractivity contribution in [2.45, 2.75) is 37.1 Å². The zero-order valence-corrected chi connectivity index (χ0v) is 24.2. The lowest BCUT2D eigenvalue weighted by Crippen LogP contribution is -2.55. The lowest BCUT2D eigenvalue weighted by atomic mass is 9.73. The molecule has 2 aliphatic heterocycles. The van der Waals surface area contributed by atoms with E-state index in [4.69, 9.17) is 26.2 Å². The highest BCUT2D eigenvalue weighted by Crippen LogP contribution is 2.35. The molecule has 0 aliphatic carbocycles. The molecule has 44 heavy (non-hydrogen) atoms. The van der Waals surface area contributed by atoms with E-state index < -0.39 is 29.3 Å². The van der Waals surface area contributed by atoms with Crippen molar-refractivity contribution in [1.82, 2.24) is 14.8 Å². The molecule has 1 aromatic heterocycles. The number of nitrogens with two attached hydrogens (primary N) is 1. The van der Waals surface area contributed by atoms with Crippen LogP contribution < -0.4 is 5.73 Å². The number of benzene rings is 1. The maximum Gasteiger partial charge on any atom is 0.328 e. The van der Waals surface area contributed by atoms with Gasteiger partial charge in [0.1, 0.15) is 5.41 Å². The number of piperidine rings is 1. The van der Waals surface area contributed by atoms with Crippen LogP contribution in [0.15, 0.2) is 79.0 Å². The van der Waals surface area contributed by atoms with Gasteiger partial charge < -0.3 is 31.1 Å². The number of aromatic nitrogens is 1. The summed E-state index contributed by atoms with van der Waals surface area (Å²) in [7, 11) is 0. The molecule has 1 amide bonds. The lowest BCUT2D eigenvalue weighted by molar-refractivity contribution is -0.134. The van der Waals surface area contributed by atoms with Gasteiger partial charge in [-0.25, -0.2) is 19.2 Å². The minimum absolute atomic E-state index is 0.325. The molecule has 0 saturated carbocycles. The van der Waals surface area contributed by atoms with Gasteiger partial charge in [0.25, 0.3) is 0 Å². The molecule has 2 saturated heterocycles. The van der Waals surface area contributed by atoms with Crippen LogP contribution in [0.4, 0.5) is 0 Å². The molecule has 13 heteroatoms. The van der Waals surface area contributed by atoms with Crippen molar-refractivity contribution in [3.63, 3.8) is 0 Å². The Morgan fingerprint density at radius 3 is 1.86 bits per heavy atom. The third-order valence-electron chi connectivity index (χ3n) is 7.25. The molecule has 3 heterocycles. The number of carboxylic acids is 4. The van der Waals surface area contributed by atoms with Gasteiger partial charge in [-0.05, 0) is 50.0 Å². The Morgan fingerprint density at radius 1 is 0.795 bits per heavy atom. The SMILES string of the molecule is NC(=O)C(CCN1CCN2CCCCC2C1)(c1ccccc1)c1ccccn1.O=C(O)/C=C\C(=O)O.O=C(O)/C=C\C(=O)O. The van der Waals surface area contributed by atoms with E-state index >= 15 is 0 Å². The monoisotopic (exact) mass is 610 g/mol. The number of nitrogens with zero attached hydrogens (tertiary/aromatic N) is 3. The third kappa shape index (κ3) is 11.4. The highest BCUT2D eigenvalue weighted by molar-refractivity contribution is 5.91. The fourth-order valence-electron chi connectivity index (χ4n) is 5.18. The average Bonchev–Trinajstić information content (AvgIpc) is 3.01. The summed E-state index contributed by atoms with van der Waals surface area (Å²) in [6, 6.07) is 16.3.